The molecule has 0 unspecified atom stereocenters. The van der Waals surface area contributed by atoms with E-state index in [-0.39, 0.29) is 12.4 Å². The van der Waals surface area contributed by atoms with Crippen LogP contribution in [0.3, 0.4) is 0 Å². The fraction of sp³-hybridized carbons (Fsp3) is 0.222. The second-order valence-electron chi connectivity index (χ2n) is 4.82. The van der Waals surface area contributed by atoms with Crippen molar-refractivity contribution in [1.82, 2.24) is 0 Å². The van der Waals surface area contributed by atoms with Crippen LogP contribution >= 0.6 is 11.6 Å². The molecule has 2 aromatic rings. The van der Waals surface area contributed by atoms with Gasteiger partial charge >= 0.3 is 5.97 Å². The first-order valence-corrected chi connectivity index (χ1v) is 7.53. The van der Waals surface area contributed by atoms with Crippen molar-refractivity contribution in [1.29, 1.82) is 0 Å². The molecule has 0 saturated carbocycles. The van der Waals surface area contributed by atoms with E-state index in [0.717, 1.165) is 5.56 Å². The SMILES string of the molecule is CCOC(=O)c1ccccc1C(=O)CCc1cccc(Cl)c1. The van der Waals surface area contributed by atoms with E-state index in [0.29, 0.717) is 29.0 Å². The molecule has 0 amide bonds. The number of esters is 1. The molecule has 22 heavy (non-hydrogen) atoms. The lowest BCUT2D eigenvalue weighted by Crippen LogP contribution is -2.12. The number of benzene rings is 2. The molecule has 0 N–H and O–H groups in total. The van der Waals surface area contributed by atoms with Crippen LogP contribution in [0.2, 0.25) is 5.02 Å². The highest BCUT2D eigenvalue weighted by atomic mass is 35.5. The van der Waals surface area contributed by atoms with Crippen molar-refractivity contribution in [2.75, 3.05) is 6.61 Å². The number of halogens is 1. The Balaban J connectivity index is 2.11. The average Bonchev–Trinajstić information content (AvgIpc) is 2.53. The first-order valence-electron chi connectivity index (χ1n) is 7.15. The fourth-order valence-electron chi connectivity index (χ4n) is 2.20. The number of carbonyl (C=O) groups excluding carboxylic acids is 2. The van der Waals surface area contributed by atoms with Crippen molar-refractivity contribution in [3.05, 3.63) is 70.2 Å². The van der Waals surface area contributed by atoms with Crippen LogP contribution in [-0.4, -0.2) is 18.4 Å². The van der Waals surface area contributed by atoms with Gasteiger partial charge in [0.05, 0.1) is 12.2 Å². The largest absolute Gasteiger partial charge is 0.462 e. The number of hydrogen-bond acceptors (Lipinski definition) is 3. The van der Waals surface area contributed by atoms with Crippen LogP contribution in [0.15, 0.2) is 48.5 Å². The maximum absolute atomic E-state index is 12.4. The molecular formula is C18H17ClO3. The molecule has 114 valence electrons. The van der Waals surface area contributed by atoms with Gasteiger partial charge in [-0.1, -0.05) is 41.9 Å². The van der Waals surface area contributed by atoms with E-state index in [1.807, 2.05) is 18.2 Å². The quantitative estimate of drug-likeness (QED) is 0.588. The predicted molar refractivity (Wildman–Crippen MR) is 86.5 cm³/mol. The molecule has 3 nitrogen and oxygen atoms in total. The highest BCUT2D eigenvalue weighted by Gasteiger charge is 2.17. The summed E-state index contributed by atoms with van der Waals surface area (Å²) in [5.41, 5.74) is 1.72. The molecule has 0 saturated heterocycles. The highest BCUT2D eigenvalue weighted by Crippen LogP contribution is 2.16. The third-order valence-electron chi connectivity index (χ3n) is 3.25. The Morgan fingerprint density at radius 3 is 2.45 bits per heavy atom. The lowest BCUT2D eigenvalue weighted by molar-refractivity contribution is 0.0523. The molecule has 4 heteroatoms. The van der Waals surface area contributed by atoms with Crippen molar-refractivity contribution >= 4 is 23.4 Å². The highest BCUT2D eigenvalue weighted by molar-refractivity contribution is 6.30. The Kier molecular flexibility index (Phi) is 5.73. The van der Waals surface area contributed by atoms with Gasteiger partial charge in [0.15, 0.2) is 5.78 Å². The number of hydrogen-bond donors (Lipinski definition) is 0. The molecule has 0 aliphatic heterocycles. The summed E-state index contributed by atoms with van der Waals surface area (Å²) in [5.74, 6) is -0.544. The Bertz CT molecular complexity index is 680. The minimum atomic E-state index is -0.464. The van der Waals surface area contributed by atoms with Gasteiger partial charge in [0.25, 0.3) is 0 Å². The number of aryl methyl sites for hydroxylation is 1. The zero-order valence-corrected chi connectivity index (χ0v) is 13.1. The second-order valence-corrected chi connectivity index (χ2v) is 5.26. The second kappa shape index (κ2) is 7.76. The van der Waals surface area contributed by atoms with Gasteiger partial charge in [-0.15, -0.1) is 0 Å². The molecular weight excluding hydrogens is 300 g/mol. The van der Waals surface area contributed by atoms with E-state index in [4.69, 9.17) is 16.3 Å². The smallest absolute Gasteiger partial charge is 0.338 e. The summed E-state index contributed by atoms with van der Waals surface area (Å²) in [5, 5.41) is 0.650. The first kappa shape index (κ1) is 16.2. The number of rotatable bonds is 6. The number of ether oxygens (including phenoxy) is 1. The third-order valence-corrected chi connectivity index (χ3v) is 3.49. The lowest BCUT2D eigenvalue weighted by Gasteiger charge is -2.08. The number of Topliss-reactive ketones (excluding diaryl/α,β-unsaturated/α-hetero) is 1. The predicted octanol–water partition coefficient (Wildman–Crippen LogP) is 4.33. The monoisotopic (exact) mass is 316 g/mol. The van der Waals surface area contributed by atoms with E-state index in [2.05, 4.69) is 0 Å². The van der Waals surface area contributed by atoms with Gasteiger partial charge in [0, 0.05) is 17.0 Å². The van der Waals surface area contributed by atoms with Gasteiger partial charge in [-0.2, -0.15) is 0 Å². The molecule has 0 spiro atoms. The zero-order chi connectivity index (χ0) is 15.9. The maximum Gasteiger partial charge on any atom is 0.338 e. The maximum atomic E-state index is 12.4. The normalized spacial score (nSPS) is 10.3. The average molecular weight is 317 g/mol. The molecule has 2 aromatic carbocycles. The summed E-state index contributed by atoms with van der Waals surface area (Å²) in [6, 6.07) is 14.2. The van der Waals surface area contributed by atoms with Gasteiger partial charge < -0.3 is 4.74 Å². The fourth-order valence-corrected chi connectivity index (χ4v) is 2.41. The molecule has 0 aromatic heterocycles. The van der Waals surface area contributed by atoms with Crippen molar-refractivity contribution in [3.63, 3.8) is 0 Å². The molecule has 0 fully saturated rings. The number of carbonyl (C=O) groups is 2. The number of ketones is 1. The van der Waals surface area contributed by atoms with Crippen molar-refractivity contribution < 1.29 is 14.3 Å². The third kappa shape index (κ3) is 4.18. The molecule has 0 radical (unpaired) electrons. The van der Waals surface area contributed by atoms with Crippen LogP contribution < -0.4 is 0 Å². The molecule has 2 rings (SSSR count). The minimum Gasteiger partial charge on any atom is -0.462 e. The first-order chi connectivity index (χ1) is 10.6. The van der Waals surface area contributed by atoms with Crippen LogP contribution in [0.25, 0.3) is 0 Å². The summed E-state index contributed by atoms with van der Waals surface area (Å²) in [4.78, 5) is 24.3. The van der Waals surface area contributed by atoms with Crippen LogP contribution in [0.5, 0.6) is 0 Å². The lowest BCUT2D eigenvalue weighted by atomic mass is 9.98. The van der Waals surface area contributed by atoms with E-state index < -0.39 is 5.97 Å². The van der Waals surface area contributed by atoms with Gasteiger partial charge in [-0.3, -0.25) is 4.79 Å². The topological polar surface area (TPSA) is 43.4 Å². The Hall–Kier alpha value is -2.13. The Morgan fingerprint density at radius 2 is 1.77 bits per heavy atom. The van der Waals surface area contributed by atoms with Gasteiger partial charge in [-0.05, 0) is 37.1 Å². The molecule has 0 aliphatic carbocycles. The van der Waals surface area contributed by atoms with Crippen LogP contribution in [-0.2, 0) is 11.2 Å². The summed E-state index contributed by atoms with van der Waals surface area (Å²) < 4.78 is 4.99. The summed E-state index contributed by atoms with van der Waals surface area (Å²) in [7, 11) is 0. The van der Waals surface area contributed by atoms with Crippen LogP contribution in [0, 0.1) is 0 Å². The molecule has 0 aliphatic rings. The van der Waals surface area contributed by atoms with E-state index in [1.54, 1.807) is 37.3 Å². The van der Waals surface area contributed by atoms with E-state index >= 15 is 0 Å². The summed E-state index contributed by atoms with van der Waals surface area (Å²) in [6.45, 7) is 2.02. The van der Waals surface area contributed by atoms with Crippen molar-refractivity contribution in [2.24, 2.45) is 0 Å². The van der Waals surface area contributed by atoms with Crippen LogP contribution in [0.4, 0.5) is 0 Å². The van der Waals surface area contributed by atoms with Gasteiger partial charge in [0.1, 0.15) is 0 Å². The molecule has 0 heterocycles. The Morgan fingerprint density at radius 1 is 1.05 bits per heavy atom. The molecule has 0 bridgehead atoms. The van der Waals surface area contributed by atoms with Crippen molar-refractivity contribution in [2.45, 2.75) is 19.8 Å². The standard InChI is InChI=1S/C18H17ClO3/c1-2-22-18(21)16-9-4-3-8-15(16)17(20)11-10-13-6-5-7-14(19)12-13/h3-9,12H,2,10-11H2,1H3. The van der Waals surface area contributed by atoms with E-state index in [1.165, 1.54) is 0 Å². The van der Waals surface area contributed by atoms with E-state index in [9.17, 15) is 9.59 Å². The van der Waals surface area contributed by atoms with Crippen LogP contribution in [0.1, 0.15) is 39.6 Å². The van der Waals surface area contributed by atoms with Crippen molar-refractivity contribution in [3.8, 4) is 0 Å². The minimum absolute atomic E-state index is 0.0800. The summed E-state index contributed by atoms with van der Waals surface area (Å²) >= 11 is 5.93. The Labute approximate surface area is 134 Å². The van der Waals surface area contributed by atoms with Gasteiger partial charge in [0.2, 0.25) is 0 Å². The molecule has 0 atom stereocenters. The zero-order valence-electron chi connectivity index (χ0n) is 12.3. The summed E-state index contributed by atoms with van der Waals surface area (Å²) in [6.07, 6.45) is 0.896. The van der Waals surface area contributed by atoms with Gasteiger partial charge in [-0.25, -0.2) is 4.79 Å².